The predicted molar refractivity (Wildman–Crippen MR) is 112 cm³/mol. The highest BCUT2D eigenvalue weighted by atomic mass is 35.5. The second-order valence-corrected chi connectivity index (χ2v) is 12.1. The standard InChI is InChI=1S/C20H24ClN3O2S2/c21-19-23-12-17(27-19)11-22-16-1-3-18(4-2-16)28(25,26)24-20-8-13-5-14(9-20)7-15(6-13)10-20/h1-4,12-15,22,24H,5-11H2. The predicted octanol–water partition coefficient (Wildman–Crippen LogP) is 4.66. The molecule has 4 aliphatic rings. The van der Waals surface area contributed by atoms with Gasteiger partial charge < -0.3 is 5.32 Å². The summed E-state index contributed by atoms with van der Waals surface area (Å²) in [6.07, 6.45) is 8.67. The molecule has 0 radical (unpaired) electrons. The van der Waals surface area contributed by atoms with Gasteiger partial charge in [-0.05, 0) is 80.5 Å². The minimum atomic E-state index is -3.51. The Hall–Kier alpha value is -1.15. The molecule has 150 valence electrons. The van der Waals surface area contributed by atoms with E-state index in [1.807, 2.05) is 12.1 Å². The topological polar surface area (TPSA) is 71.1 Å². The molecule has 5 nitrogen and oxygen atoms in total. The lowest BCUT2D eigenvalue weighted by atomic mass is 9.53. The molecule has 0 aliphatic heterocycles. The van der Waals surface area contributed by atoms with Crippen molar-refractivity contribution >= 4 is 38.6 Å². The molecule has 1 aromatic carbocycles. The van der Waals surface area contributed by atoms with E-state index in [0.29, 0.717) is 33.7 Å². The SMILES string of the molecule is O=S(=O)(NC12CC3CC(CC(C3)C1)C2)c1ccc(NCc2cnc(Cl)s2)cc1. The van der Waals surface area contributed by atoms with Crippen LogP contribution in [0.4, 0.5) is 5.69 Å². The van der Waals surface area contributed by atoms with E-state index in [-0.39, 0.29) is 5.54 Å². The Morgan fingerprint density at radius 1 is 1.07 bits per heavy atom. The number of rotatable bonds is 6. The van der Waals surface area contributed by atoms with Crippen molar-refractivity contribution in [1.29, 1.82) is 0 Å². The Kier molecular flexibility index (Phi) is 4.69. The third-order valence-electron chi connectivity index (χ3n) is 6.55. The highest BCUT2D eigenvalue weighted by Gasteiger charge is 2.52. The van der Waals surface area contributed by atoms with E-state index in [4.69, 9.17) is 11.6 Å². The number of sulfonamides is 1. The summed E-state index contributed by atoms with van der Waals surface area (Å²) in [7, 11) is -3.51. The van der Waals surface area contributed by atoms with Crippen LogP contribution >= 0.6 is 22.9 Å². The first-order valence-corrected chi connectivity index (χ1v) is 12.6. The van der Waals surface area contributed by atoms with Crippen LogP contribution in [0.1, 0.15) is 43.4 Å². The van der Waals surface area contributed by atoms with Gasteiger partial charge in [-0.3, -0.25) is 0 Å². The first kappa shape index (κ1) is 18.9. The van der Waals surface area contributed by atoms with Gasteiger partial charge in [0.2, 0.25) is 10.0 Å². The molecule has 0 atom stereocenters. The average Bonchev–Trinajstić information content (AvgIpc) is 3.03. The Labute approximate surface area is 175 Å². The summed E-state index contributed by atoms with van der Waals surface area (Å²) in [4.78, 5) is 5.39. The normalized spacial score (nSPS) is 31.2. The van der Waals surface area contributed by atoms with Crippen molar-refractivity contribution in [1.82, 2.24) is 9.71 Å². The number of thiazole rings is 1. The molecular weight excluding hydrogens is 414 g/mol. The number of nitrogens with zero attached hydrogens (tertiary/aromatic N) is 1. The Morgan fingerprint density at radius 3 is 2.21 bits per heavy atom. The molecule has 28 heavy (non-hydrogen) atoms. The molecule has 1 heterocycles. The van der Waals surface area contributed by atoms with E-state index < -0.39 is 10.0 Å². The smallest absolute Gasteiger partial charge is 0.241 e. The molecule has 8 heteroatoms. The van der Waals surface area contributed by atoms with Gasteiger partial charge in [-0.15, -0.1) is 11.3 Å². The molecule has 4 saturated carbocycles. The summed E-state index contributed by atoms with van der Waals surface area (Å²) < 4.78 is 29.8. The van der Waals surface area contributed by atoms with E-state index in [9.17, 15) is 8.42 Å². The van der Waals surface area contributed by atoms with Crippen molar-refractivity contribution in [2.24, 2.45) is 17.8 Å². The van der Waals surface area contributed by atoms with Crippen LogP contribution in [0.2, 0.25) is 4.47 Å². The minimum absolute atomic E-state index is 0.212. The molecular formula is C20H24ClN3O2S2. The minimum Gasteiger partial charge on any atom is -0.380 e. The lowest BCUT2D eigenvalue weighted by molar-refractivity contribution is -0.00810. The Bertz CT molecular complexity index is 936. The Morgan fingerprint density at radius 2 is 1.68 bits per heavy atom. The van der Waals surface area contributed by atoms with Gasteiger partial charge in [-0.2, -0.15) is 0 Å². The second kappa shape index (κ2) is 6.97. The molecule has 4 bridgehead atoms. The fraction of sp³-hybridized carbons (Fsp3) is 0.550. The summed E-state index contributed by atoms with van der Waals surface area (Å²) in [6, 6.07) is 7.00. The number of hydrogen-bond donors (Lipinski definition) is 2. The van der Waals surface area contributed by atoms with Gasteiger partial charge in [-0.1, -0.05) is 11.6 Å². The first-order valence-electron chi connectivity index (χ1n) is 9.87. The van der Waals surface area contributed by atoms with Crippen molar-refractivity contribution in [3.05, 3.63) is 39.8 Å². The van der Waals surface area contributed by atoms with Gasteiger partial charge in [0.15, 0.2) is 4.47 Å². The maximum Gasteiger partial charge on any atom is 0.241 e. The van der Waals surface area contributed by atoms with Gasteiger partial charge in [0.05, 0.1) is 11.4 Å². The van der Waals surface area contributed by atoms with Crippen LogP contribution in [0, 0.1) is 17.8 Å². The molecule has 2 aromatic rings. The zero-order chi connectivity index (χ0) is 19.4. The second-order valence-electron chi connectivity index (χ2n) is 8.76. The maximum absolute atomic E-state index is 13.1. The molecule has 2 N–H and O–H groups in total. The van der Waals surface area contributed by atoms with Crippen LogP contribution in [0.25, 0.3) is 0 Å². The highest BCUT2D eigenvalue weighted by molar-refractivity contribution is 7.89. The number of anilines is 1. The van der Waals surface area contributed by atoms with E-state index in [1.54, 1.807) is 18.3 Å². The summed E-state index contributed by atoms with van der Waals surface area (Å²) in [5, 5.41) is 3.28. The summed E-state index contributed by atoms with van der Waals surface area (Å²) in [5.74, 6) is 2.13. The zero-order valence-corrected chi connectivity index (χ0v) is 17.9. The van der Waals surface area contributed by atoms with Gasteiger partial charge >= 0.3 is 0 Å². The molecule has 6 rings (SSSR count). The molecule has 0 spiro atoms. The van der Waals surface area contributed by atoms with Crippen molar-refractivity contribution in [2.45, 2.75) is 55.5 Å². The molecule has 1 aromatic heterocycles. The van der Waals surface area contributed by atoms with E-state index in [2.05, 4.69) is 15.0 Å². The van der Waals surface area contributed by atoms with E-state index in [0.717, 1.165) is 29.8 Å². The van der Waals surface area contributed by atoms with Gasteiger partial charge in [-0.25, -0.2) is 18.1 Å². The number of halogens is 1. The number of hydrogen-bond acceptors (Lipinski definition) is 5. The maximum atomic E-state index is 13.1. The lowest BCUT2D eigenvalue weighted by Gasteiger charge is -2.56. The van der Waals surface area contributed by atoms with Crippen LogP contribution < -0.4 is 10.0 Å². The summed E-state index contributed by atoms with van der Waals surface area (Å²) in [5.41, 5.74) is 0.661. The third kappa shape index (κ3) is 3.70. The van der Waals surface area contributed by atoms with Crippen molar-refractivity contribution in [2.75, 3.05) is 5.32 Å². The lowest BCUT2D eigenvalue weighted by Crippen LogP contribution is -2.59. The quantitative estimate of drug-likeness (QED) is 0.689. The van der Waals surface area contributed by atoms with E-state index in [1.165, 1.54) is 30.6 Å². The van der Waals surface area contributed by atoms with Crippen molar-refractivity contribution in [3.63, 3.8) is 0 Å². The monoisotopic (exact) mass is 437 g/mol. The van der Waals surface area contributed by atoms with Crippen molar-refractivity contribution < 1.29 is 8.42 Å². The molecule has 0 amide bonds. The Balaban J connectivity index is 1.27. The van der Waals surface area contributed by atoms with Crippen LogP contribution in [-0.2, 0) is 16.6 Å². The first-order chi connectivity index (χ1) is 13.4. The summed E-state index contributed by atoms with van der Waals surface area (Å²) in [6.45, 7) is 0.613. The van der Waals surface area contributed by atoms with Crippen LogP contribution in [0.5, 0.6) is 0 Å². The number of benzene rings is 1. The van der Waals surface area contributed by atoms with Crippen molar-refractivity contribution in [3.8, 4) is 0 Å². The van der Waals surface area contributed by atoms with Crippen LogP contribution in [-0.4, -0.2) is 18.9 Å². The third-order valence-corrected chi connectivity index (χ3v) is 9.26. The fourth-order valence-electron chi connectivity index (χ4n) is 5.89. The fourth-order valence-corrected chi connectivity index (χ4v) is 8.24. The van der Waals surface area contributed by atoms with E-state index >= 15 is 0 Å². The largest absolute Gasteiger partial charge is 0.380 e. The number of nitrogens with one attached hydrogen (secondary N) is 2. The van der Waals surface area contributed by atoms with Crippen LogP contribution in [0.3, 0.4) is 0 Å². The molecule has 4 fully saturated rings. The molecule has 0 unspecified atom stereocenters. The van der Waals surface area contributed by atoms with Gasteiger partial charge in [0, 0.05) is 22.3 Å². The van der Waals surface area contributed by atoms with Crippen LogP contribution in [0.15, 0.2) is 35.4 Å². The van der Waals surface area contributed by atoms with Gasteiger partial charge in [0.25, 0.3) is 0 Å². The summed E-state index contributed by atoms with van der Waals surface area (Å²) >= 11 is 7.28. The zero-order valence-electron chi connectivity index (χ0n) is 15.5. The number of aromatic nitrogens is 1. The highest BCUT2D eigenvalue weighted by Crippen LogP contribution is 2.55. The molecule has 0 saturated heterocycles. The average molecular weight is 438 g/mol. The molecule has 4 aliphatic carbocycles. The van der Waals surface area contributed by atoms with Gasteiger partial charge in [0.1, 0.15) is 0 Å².